The van der Waals surface area contributed by atoms with Crippen molar-refractivity contribution in [2.24, 2.45) is 4.99 Å². The predicted molar refractivity (Wildman–Crippen MR) is 97.7 cm³/mol. The van der Waals surface area contributed by atoms with Gasteiger partial charge in [-0.25, -0.2) is 4.99 Å². The first-order valence-electron chi connectivity index (χ1n) is 8.01. The summed E-state index contributed by atoms with van der Waals surface area (Å²) in [5.41, 5.74) is 4.73. The van der Waals surface area contributed by atoms with Gasteiger partial charge in [0.25, 0.3) is 0 Å². The van der Waals surface area contributed by atoms with Gasteiger partial charge in [0.05, 0.1) is 5.69 Å². The number of fused-ring (bicyclic) bond motifs is 1. The zero-order valence-electron chi connectivity index (χ0n) is 13.4. The number of para-hydroxylation sites is 2. The molecule has 0 saturated heterocycles. The van der Waals surface area contributed by atoms with E-state index in [4.69, 9.17) is 4.99 Å². The molecule has 0 radical (unpaired) electrons. The molecule has 0 amide bonds. The molecule has 1 N–H and O–H groups in total. The molecule has 118 valence electrons. The predicted octanol–water partition coefficient (Wildman–Crippen LogP) is 4.58. The maximum Gasteiger partial charge on any atom is 0.160 e. The molecule has 4 rings (SSSR count). The molecular formula is C21H18N2O. The van der Waals surface area contributed by atoms with Crippen molar-refractivity contribution >= 4 is 17.2 Å². The first kappa shape index (κ1) is 14.7. The molecule has 3 nitrogen and oxygen atoms in total. The van der Waals surface area contributed by atoms with Gasteiger partial charge in [-0.15, -0.1) is 0 Å². The summed E-state index contributed by atoms with van der Waals surface area (Å²) in [6, 6.07) is 25.8. The highest BCUT2D eigenvalue weighted by Gasteiger charge is 2.30. The lowest BCUT2D eigenvalue weighted by Crippen LogP contribution is -2.37. The van der Waals surface area contributed by atoms with Crippen molar-refractivity contribution in [3.63, 3.8) is 0 Å². The molecule has 0 saturated carbocycles. The van der Waals surface area contributed by atoms with Gasteiger partial charge in [-0.05, 0) is 25.1 Å². The van der Waals surface area contributed by atoms with Crippen LogP contribution in [-0.4, -0.2) is 10.9 Å². The zero-order chi connectivity index (χ0) is 16.5. The Morgan fingerprint density at radius 2 is 1.50 bits per heavy atom. The van der Waals surface area contributed by atoms with Crippen LogP contribution >= 0.6 is 0 Å². The Morgan fingerprint density at radius 3 is 2.25 bits per heavy atom. The zero-order valence-corrected chi connectivity index (χ0v) is 13.4. The maximum absolute atomic E-state index is 11.0. The van der Waals surface area contributed by atoms with Crippen molar-refractivity contribution in [2.75, 3.05) is 4.90 Å². The van der Waals surface area contributed by atoms with E-state index in [-0.39, 0.29) is 0 Å². The number of aryl methyl sites for hydroxylation is 1. The van der Waals surface area contributed by atoms with Crippen molar-refractivity contribution in [3.05, 3.63) is 95.6 Å². The third-order valence-electron chi connectivity index (χ3n) is 4.26. The highest BCUT2D eigenvalue weighted by molar-refractivity contribution is 6.12. The van der Waals surface area contributed by atoms with Crippen LogP contribution < -0.4 is 4.90 Å². The van der Waals surface area contributed by atoms with Gasteiger partial charge < -0.3 is 5.11 Å². The van der Waals surface area contributed by atoms with Crippen LogP contribution in [-0.2, 0) is 0 Å². The Kier molecular flexibility index (Phi) is 3.63. The van der Waals surface area contributed by atoms with E-state index >= 15 is 0 Å². The lowest BCUT2D eigenvalue weighted by Gasteiger charge is -2.35. The number of aliphatic hydroxyl groups excluding tert-OH is 1. The largest absolute Gasteiger partial charge is 0.369 e. The summed E-state index contributed by atoms with van der Waals surface area (Å²) in [7, 11) is 0. The SMILES string of the molecule is Cc1ccc(C2=Nc3ccccc3C(O)N2c2ccccc2)cc1. The second kappa shape index (κ2) is 5.95. The molecule has 0 fully saturated rings. The molecule has 0 bridgehead atoms. The summed E-state index contributed by atoms with van der Waals surface area (Å²) in [4.78, 5) is 6.72. The summed E-state index contributed by atoms with van der Waals surface area (Å²) in [5.74, 6) is 0.757. The van der Waals surface area contributed by atoms with Gasteiger partial charge in [0.15, 0.2) is 6.23 Å². The molecule has 1 aliphatic rings. The monoisotopic (exact) mass is 314 g/mol. The average molecular weight is 314 g/mol. The number of benzene rings is 3. The lowest BCUT2D eigenvalue weighted by molar-refractivity contribution is 0.187. The second-order valence-corrected chi connectivity index (χ2v) is 5.94. The van der Waals surface area contributed by atoms with Crippen LogP contribution in [0.25, 0.3) is 0 Å². The molecule has 0 aromatic heterocycles. The Balaban J connectivity index is 1.91. The highest BCUT2D eigenvalue weighted by Crippen LogP contribution is 2.37. The first-order valence-corrected chi connectivity index (χ1v) is 8.01. The molecule has 1 atom stereocenters. The van der Waals surface area contributed by atoms with Crippen molar-refractivity contribution in [2.45, 2.75) is 13.2 Å². The average Bonchev–Trinajstić information content (AvgIpc) is 2.63. The highest BCUT2D eigenvalue weighted by atomic mass is 16.3. The van der Waals surface area contributed by atoms with Crippen molar-refractivity contribution < 1.29 is 5.11 Å². The van der Waals surface area contributed by atoms with Crippen LogP contribution in [0.2, 0.25) is 0 Å². The molecule has 24 heavy (non-hydrogen) atoms. The van der Waals surface area contributed by atoms with Crippen molar-refractivity contribution in [3.8, 4) is 0 Å². The number of anilines is 1. The Hall–Kier alpha value is -2.91. The molecule has 3 heteroatoms. The first-order chi connectivity index (χ1) is 11.7. The fourth-order valence-corrected chi connectivity index (χ4v) is 2.99. The van der Waals surface area contributed by atoms with Gasteiger partial charge in [0.1, 0.15) is 5.84 Å². The second-order valence-electron chi connectivity index (χ2n) is 5.94. The summed E-state index contributed by atoms with van der Waals surface area (Å²) in [6.45, 7) is 2.06. The van der Waals surface area contributed by atoms with Crippen LogP contribution in [0.1, 0.15) is 22.9 Å². The van der Waals surface area contributed by atoms with Crippen LogP contribution in [0.3, 0.4) is 0 Å². The normalized spacial score (nSPS) is 16.5. The summed E-state index contributed by atoms with van der Waals surface area (Å²) in [5, 5.41) is 11.0. The summed E-state index contributed by atoms with van der Waals surface area (Å²) >= 11 is 0. The topological polar surface area (TPSA) is 35.8 Å². The van der Waals surface area contributed by atoms with E-state index in [2.05, 4.69) is 19.1 Å². The van der Waals surface area contributed by atoms with E-state index in [1.165, 1.54) is 5.56 Å². The van der Waals surface area contributed by atoms with Crippen LogP contribution in [0.4, 0.5) is 11.4 Å². The summed E-state index contributed by atoms with van der Waals surface area (Å²) in [6.07, 6.45) is -0.766. The number of rotatable bonds is 2. The van der Waals surface area contributed by atoms with Gasteiger partial charge in [0.2, 0.25) is 0 Å². The molecule has 1 unspecified atom stereocenters. The van der Waals surface area contributed by atoms with Gasteiger partial charge in [-0.3, -0.25) is 4.90 Å². The Labute approximate surface area is 141 Å². The van der Waals surface area contributed by atoms with E-state index in [9.17, 15) is 5.11 Å². The number of hydrogen-bond donors (Lipinski definition) is 1. The quantitative estimate of drug-likeness (QED) is 0.751. The molecule has 1 heterocycles. The van der Waals surface area contributed by atoms with Crippen molar-refractivity contribution in [1.82, 2.24) is 0 Å². The third kappa shape index (κ3) is 2.49. The molecule has 3 aromatic carbocycles. The lowest BCUT2D eigenvalue weighted by atomic mass is 10.0. The van der Waals surface area contributed by atoms with Crippen molar-refractivity contribution in [1.29, 1.82) is 0 Å². The van der Waals surface area contributed by atoms with E-state index in [0.717, 1.165) is 28.3 Å². The minimum absolute atomic E-state index is 0.757. The van der Waals surface area contributed by atoms with Gasteiger partial charge in [-0.2, -0.15) is 0 Å². The van der Waals surface area contributed by atoms with Gasteiger partial charge in [-0.1, -0.05) is 66.2 Å². The number of aliphatic hydroxyl groups is 1. The van der Waals surface area contributed by atoms with Crippen LogP contribution in [0.5, 0.6) is 0 Å². The molecular weight excluding hydrogens is 296 g/mol. The number of aliphatic imine (C=N–C) groups is 1. The van der Waals surface area contributed by atoms with Gasteiger partial charge >= 0.3 is 0 Å². The smallest absolute Gasteiger partial charge is 0.160 e. The Bertz CT molecular complexity index is 885. The minimum atomic E-state index is -0.766. The van der Waals surface area contributed by atoms with E-state index in [1.807, 2.05) is 71.6 Å². The minimum Gasteiger partial charge on any atom is -0.369 e. The van der Waals surface area contributed by atoms with Gasteiger partial charge in [0, 0.05) is 16.8 Å². The molecule has 3 aromatic rings. The standard InChI is InChI=1S/C21H18N2O/c1-15-11-13-16(14-12-15)20-22-19-10-6-5-9-18(19)21(24)23(20)17-7-3-2-4-8-17/h2-14,21,24H,1H3. The number of amidine groups is 1. The third-order valence-corrected chi connectivity index (χ3v) is 4.26. The fourth-order valence-electron chi connectivity index (χ4n) is 2.99. The summed E-state index contributed by atoms with van der Waals surface area (Å²) < 4.78 is 0. The van der Waals surface area contributed by atoms with E-state index in [1.54, 1.807) is 0 Å². The van der Waals surface area contributed by atoms with E-state index in [0.29, 0.717) is 0 Å². The molecule has 1 aliphatic heterocycles. The molecule has 0 aliphatic carbocycles. The van der Waals surface area contributed by atoms with Crippen LogP contribution in [0, 0.1) is 6.92 Å². The maximum atomic E-state index is 11.0. The van der Waals surface area contributed by atoms with Crippen LogP contribution in [0.15, 0.2) is 83.9 Å². The van der Waals surface area contributed by atoms with E-state index < -0.39 is 6.23 Å². The molecule has 0 spiro atoms. The fraction of sp³-hybridized carbons (Fsp3) is 0.0952. The Morgan fingerprint density at radius 1 is 0.833 bits per heavy atom. The number of nitrogens with zero attached hydrogens (tertiary/aromatic N) is 2. The number of hydrogen-bond acceptors (Lipinski definition) is 3.